The van der Waals surface area contributed by atoms with Gasteiger partial charge in [0.25, 0.3) is 0 Å². The second-order valence-corrected chi connectivity index (χ2v) is 13.9. The van der Waals surface area contributed by atoms with Crippen LogP contribution < -0.4 is 16.0 Å². The first kappa shape index (κ1) is 35.8. The average Bonchev–Trinajstić information content (AvgIpc) is 3.46. The SMILES string of the molecule is CCC1CC(C(=O)O)CCN1c1cnc(C(N)=NCNc2nc(-c3ccc(Cl)c(C(F)(F)F)c3)c(CN3CCCC(C)(OC)C3)s2)cn1. The number of aromatic nitrogens is 3. The molecular formula is C32H40ClF3N8O3S. The van der Waals surface area contributed by atoms with Crippen LogP contribution in [-0.4, -0.2) is 81.8 Å². The monoisotopic (exact) mass is 708 g/mol. The molecule has 2 fully saturated rings. The number of methoxy groups -OCH3 is 1. The zero-order valence-corrected chi connectivity index (χ0v) is 28.6. The maximum Gasteiger partial charge on any atom is 0.417 e. The zero-order valence-electron chi connectivity index (χ0n) is 27.1. The Hall–Kier alpha value is -3.53. The number of piperidine rings is 2. The lowest BCUT2D eigenvalue weighted by molar-refractivity contribution is -0.142. The largest absolute Gasteiger partial charge is 0.481 e. The lowest BCUT2D eigenvalue weighted by Crippen LogP contribution is -2.46. The third-order valence-corrected chi connectivity index (χ3v) is 10.4. The average molecular weight is 709 g/mol. The van der Waals surface area contributed by atoms with E-state index >= 15 is 0 Å². The van der Waals surface area contributed by atoms with Gasteiger partial charge in [-0.3, -0.25) is 9.69 Å². The summed E-state index contributed by atoms with van der Waals surface area (Å²) in [5.41, 5.74) is 6.13. The number of aliphatic carboxylic acids is 1. The molecule has 3 unspecified atom stereocenters. The molecule has 3 atom stereocenters. The van der Waals surface area contributed by atoms with Crippen molar-refractivity contribution < 1.29 is 27.8 Å². The quantitative estimate of drug-likeness (QED) is 0.157. The summed E-state index contributed by atoms with van der Waals surface area (Å²) in [5, 5.41) is 12.7. The van der Waals surface area contributed by atoms with Gasteiger partial charge in [0.1, 0.15) is 24.0 Å². The molecule has 2 aliphatic heterocycles. The summed E-state index contributed by atoms with van der Waals surface area (Å²) in [7, 11) is 1.69. The number of hydrogen-bond acceptors (Lipinski definition) is 10. The first-order chi connectivity index (χ1) is 22.8. The number of benzene rings is 1. The van der Waals surface area contributed by atoms with E-state index in [1.807, 2.05) is 6.92 Å². The van der Waals surface area contributed by atoms with E-state index in [4.69, 9.17) is 22.1 Å². The molecule has 5 rings (SSSR count). The second-order valence-electron chi connectivity index (χ2n) is 12.4. The molecule has 0 spiro atoms. The van der Waals surface area contributed by atoms with E-state index in [9.17, 15) is 23.1 Å². The van der Waals surface area contributed by atoms with E-state index in [2.05, 4.69) is 42.0 Å². The van der Waals surface area contributed by atoms with E-state index in [0.29, 0.717) is 60.4 Å². The number of carbonyl (C=O) groups is 1. The van der Waals surface area contributed by atoms with Gasteiger partial charge >= 0.3 is 12.1 Å². The lowest BCUT2D eigenvalue weighted by Gasteiger charge is -2.39. The molecule has 260 valence electrons. The molecule has 48 heavy (non-hydrogen) atoms. The van der Waals surface area contributed by atoms with Crippen molar-refractivity contribution in [2.75, 3.05) is 43.6 Å². The molecule has 0 saturated carbocycles. The third-order valence-electron chi connectivity index (χ3n) is 9.05. The van der Waals surface area contributed by atoms with Gasteiger partial charge in [-0.2, -0.15) is 13.2 Å². The maximum absolute atomic E-state index is 13.7. The van der Waals surface area contributed by atoms with Crippen molar-refractivity contribution in [1.29, 1.82) is 0 Å². The summed E-state index contributed by atoms with van der Waals surface area (Å²) < 4.78 is 46.9. The Morgan fingerprint density at radius 1 is 1.29 bits per heavy atom. The molecule has 2 aromatic heterocycles. The summed E-state index contributed by atoms with van der Waals surface area (Å²) in [6, 6.07) is 3.88. The van der Waals surface area contributed by atoms with Crippen LogP contribution in [0, 0.1) is 5.92 Å². The number of carboxylic acid groups (broad SMARTS) is 1. The number of anilines is 2. The minimum absolute atomic E-state index is 0.0438. The number of likely N-dealkylation sites (tertiary alicyclic amines) is 1. The van der Waals surface area contributed by atoms with Gasteiger partial charge in [-0.05, 0) is 57.7 Å². The number of alkyl halides is 3. The number of thiazole rings is 1. The molecule has 0 amide bonds. The fraction of sp³-hybridized carbons (Fsp3) is 0.531. The summed E-state index contributed by atoms with van der Waals surface area (Å²) in [5.74, 6) is -0.332. The number of hydrogen-bond donors (Lipinski definition) is 3. The second kappa shape index (κ2) is 14.9. The molecule has 0 bridgehead atoms. The van der Waals surface area contributed by atoms with Crippen LogP contribution in [0.15, 0.2) is 35.6 Å². The lowest BCUT2D eigenvalue weighted by atomic mass is 9.89. The summed E-state index contributed by atoms with van der Waals surface area (Å²) >= 11 is 7.25. The van der Waals surface area contributed by atoms with Crippen molar-refractivity contribution in [1.82, 2.24) is 19.9 Å². The molecule has 2 aliphatic rings. The first-order valence-corrected chi connectivity index (χ1v) is 17.0. The van der Waals surface area contributed by atoms with Crippen LogP contribution >= 0.6 is 22.9 Å². The normalized spacial score (nSPS) is 22.6. The third kappa shape index (κ3) is 8.36. The molecule has 11 nitrogen and oxygen atoms in total. The Labute approximate surface area is 286 Å². The minimum atomic E-state index is -4.61. The fourth-order valence-corrected chi connectivity index (χ4v) is 7.54. The molecule has 0 radical (unpaired) electrons. The number of rotatable bonds is 11. The fourth-order valence-electron chi connectivity index (χ4n) is 6.30. The molecule has 0 aliphatic carbocycles. The van der Waals surface area contributed by atoms with Gasteiger partial charge in [0, 0.05) is 43.2 Å². The zero-order chi connectivity index (χ0) is 34.6. The van der Waals surface area contributed by atoms with E-state index in [1.165, 1.54) is 23.6 Å². The number of halogens is 4. The predicted molar refractivity (Wildman–Crippen MR) is 181 cm³/mol. The van der Waals surface area contributed by atoms with Crippen LogP contribution in [0.3, 0.4) is 0 Å². The Bertz CT molecular complexity index is 1620. The number of ether oxygens (including phenoxy) is 1. The topological polar surface area (TPSA) is 142 Å². The van der Waals surface area contributed by atoms with Crippen LogP contribution in [-0.2, 0) is 22.3 Å². The van der Waals surface area contributed by atoms with Crippen molar-refractivity contribution in [3.05, 3.63) is 51.7 Å². The molecule has 2 saturated heterocycles. The predicted octanol–water partition coefficient (Wildman–Crippen LogP) is 6.13. The standard InChI is InChI=1S/C32H40ClF3N8O3S/c1-4-21-12-20(29(45)46)8-11-44(21)26-15-38-24(14-39-26)28(37)40-18-41-30-42-27(19-6-7-23(33)22(13-19)32(34,35)36)25(48-30)16-43-10-5-9-31(2,17-43)47-3/h6-7,13-15,20-21H,4-5,8-12,16-18H2,1-3H3,(H2,37,40)(H,41,42)(H,45,46). The van der Waals surface area contributed by atoms with Gasteiger partial charge in [-0.25, -0.2) is 19.9 Å². The molecule has 16 heteroatoms. The number of amidine groups is 1. The summed E-state index contributed by atoms with van der Waals surface area (Å²) in [6.07, 6.45) is 2.27. The van der Waals surface area contributed by atoms with E-state index < -0.39 is 17.7 Å². The van der Waals surface area contributed by atoms with E-state index in [1.54, 1.807) is 19.4 Å². The van der Waals surface area contributed by atoms with Crippen molar-refractivity contribution in [2.45, 2.75) is 70.3 Å². The molecule has 4 N–H and O–H groups in total. The Morgan fingerprint density at radius 2 is 2.08 bits per heavy atom. The van der Waals surface area contributed by atoms with E-state index in [0.717, 1.165) is 36.8 Å². The maximum atomic E-state index is 13.7. The highest BCUT2D eigenvalue weighted by Crippen LogP contribution is 2.40. The highest BCUT2D eigenvalue weighted by atomic mass is 35.5. The van der Waals surface area contributed by atoms with E-state index in [-0.39, 0.29) is 35.1 Å². The number of aliphatic imine (C=N–C) groups is 1. The summed E-state index contributed by atoms with van der Waals surface area (Å²) in [6.45, 7) is 6.69. The number of nitrogens with two attached hydrogens (primary N) is 1. The molecular weight excluding hydrogens is 669 g/mol. The van der Waals surface area contributed by atoms with Gasteiger partial charge in [0.15, 0.2) is 5.13 Å². The smallest absolute Gasteiger partial charge is 0.417 e. The van der Waals surface area contributed by atoms with Crippen LogP contribution in [0.2, 0.25) is 5.02 Å². The Balaban J connectivity index is 1.31. The minimum Gasteiger partial charge on any atom is -0.481 e. The Kier molecular flexibility index (Phi) is 11.1. The molecule has 1 aromatic carbocycles. The first-order valence-electron chi connectivity index (χ1n) is 15.8. The van der Waals surface area contributed by atoms with Gasteiger partial charge in [-0.15, -0.1) is 11.3 Å². The van der Waals surface area contributed by atoms with Crippen molar-refractivity contribution in [3.63, 3.8) is 0 Å². The van der Waals surface area contributed by atoms with Crippen LogP contribution in [0.4, 0.5) is 24.1 Å². The number of nitrogens with zero attached hydrogens (tertiary/aromatic N) is 6. The van der Waals surface area contributed by atoms with Crippen LogP contribution in [0.5, 0.6) is 0 Å². The van der Waals surface area contributed by atoms with Gasteiger partial charge < -0.3 is 25.8 Å². The van der Waals surface area contributed by atoms with Crippen LogP contribution in [0.1, 0.15) is 62.1 Å². The van der Waals surface area contributed by atoms with Crippen molar-refractivity contribution in [3.8, 4) is 11.3 Å². The number of nitrogens with one attached hydrogen (secondary N) is 1. The number of carboxylic acids is 1. The van der Waals surface area contributed by atoms with Crippen LogP contribution in [0.25, 0.3) is 11.3 Å². The van der Waals surface area contributed by atoms with Gasteiger partial charge in [0.05, 0.1) is 40.2 Å². The Morgan fingerprint density at radius 3 is 2.75 bits per heavy atom. The van der Waals surface area contributed by atoms with Gasteiger partial charge in [-0.1, -0.05) is 24.6 Å². The summed E-state index contributed by atoms with van der Waals surface area (Å²) in [4.78, 5) is 34.6. The highest BCUT2D eigenvalue weighted by molar-refractivity contribution is 7.16. The van der Waals surface area contributed by atoms with Crippen molar-refractivity contribution >= 4 is 45.7 Å². The molecule has 4 heterocycles. The highest BCUT2D eigenvalue weighted by Gasteiger charge is 2.35. The van der Waals surface area contributed by atoms with Gasteiger partial charge in [0.2, 0.25) is 0 Å². The van der Waals surface area contributed by atoms with Crippen molar-refractivity contribution in [2.24, 2.45) is 16.6 Å². The molecule has 3 aromatic rings.